The first kappa shape index (κ1) is 22.1. The lowest BCUT2D eigenvalue weighted by atomic mass is 10.2. The zero-order chi connectivity index (χ0) is 21.7. The molecule has 2 amide bonds. The molecule has 0 unspecified atom stereocenters. The Morgan fingerprint density at radius 3 is 2.50 bits per heavy atom. The zero-order valence-corrected chi connectivity index (χ0v) is 18.6. The molecule has 1 aromatic heterocycles. The van der Waals surface area contributed by atoms with Crippen LogP contribution in [0.4, 0.5) is 5.69 Å². The molecule has 30 heavy (non-hydrogen) atoms. The molecule has 0 saturated heterocycles. The van der Waals surface area contributed by atoms with Gasteiger partial charge in [-0.15, -0.1) is 10.2 Å². The maximum atomic E-state index is 12.5. The first-order valence-corrected chi connectivity index (χ1v) is 10.7. The van der Waals surface area contributed by atoms with Crippen molar-refractivity contribution >= 4 is 52.5 Å². The van der Waals surface area contributed by atoms with Crippen molar-refractivity contribution in [2.45, 2.75) is 18.1 Å². The Balaban J connectivity index is 1.58. The number of hydrogen-bond donors (Lipinski definition) is 2. The Labute approximate surface area is 188 Å². The van der Waals surface area contributed by atoms with E-state index in [2.05, 4.69) is 20.8 Å². The molecule has 0 spiro atoms. The van der Waals surface area contributed by atoms with E-state index in [1.54, 1.807) is 67.1 Å². The van der Waals surface area contributed by atoms with Crippen LogP contribution in [-0.2, 0) is 11.8 Å². The minimum atomic E-state index is -0.400. The maximum absolute atomic E-state index is 12.5. The molecule has 2 aromatic carbocycles. The van der Waals surface area contributed by atoms with Gasteiger partial charge in [-0.2, -0.15) is 0 Å². The van der Waals surface area contributed by atoms with Crippen LogP contribution in [0.5, 0.6) is 0 Å². The predicted molar refractivity (Wildman–Crippen MR) is 119 cm³/mol. The van der Waals surface area contributed by atoms with Crippen molar-refractivity contribution in [1.29, 1.82) is 0 Å². The largest absolute Gasteiger partial charge is 0.342 e. The predicted octanol–water partition coefficient (Wildman–Crippen LogP) is 4.34. The smallest absolute Gasteiger partial charge is 0.253 e. The summed E-state index contributed by atoms with van der Waals surface area (Å²) in [5.74, 6) is 0.255. The molecule has 0 saturated carbocycles. The lowest BCUT2D eigenvalue weighted by Crippen LogP contribution is -2.28. The lowest BCUT2D eigenvalue weighted by molar-refractivity contribution is -0.113. The molecule has 0 aliphatic carbocycles. The SMILES string of the molecule is C[C@H](NC(=O)c1ccccc1Cl)c1nnc(SCC(=O)Nc2ccc(Cl)cc2)n1C. The Kier molecular flexibility index (Phi) is 7.36. The third-order valence-corrected chi connectivity index (χ3v) is 5.78. The van der Waals surface area contributed by atoms with Crippen molar-refractivity contribution in [3.63, 3.8) is 0 Å². The van der Waals surface area contributed by atoms with E-state index >= 15 is 0 Å². The van der Waals surface area contributed by atoms with Gasteiger partial charge in [-0.3, -0.25) is 9.59 Å². The van der Waals surface area contributed by atoms with Gasteiger partial charge in [0.25, 0.3) is 5.91 Å². The number of carbonyl (C=O) groups is 2. The number of nitrogens with zero attached hydrogens (tertiary/aromatic N) is 3. The van der Waals surface area contributed by atoms with E-state index < -0.39 is 6.04 Å². The number of rotatable bonds is 7. The number of halogens is 2. The van der Waals surface area contributed by atoms with E-state index in [4.69, 9.17) is 23.2 Å². The summed E-state index contributed by atoms with van der Waals surface area (Å²) in [6.07, 6.45) is 0. The molecular weight excluding hydrogens is 445 g/mol. The fourth-order valence-electron chi connectivity index (χ4n) is 2.67. The highest BCUT2D eigenvalue weighted by atomic mass is 35.5. The van der Waals surface area contributed by atoms with Crippen LogP contribution in [0, 0.1) is 0 Å². The number of amides is 2. The summed E-state index contributed by atoms with van der Waals surface area (Å²) in [5.41, 5.74) is 1.06. The number of aromatic nitrogens is 3. The van der Waals surface area contributed by atoms with Gasteiger partial charge in [0.15, 0.2) is 11.0 Å². The highest BCUT2D eigenvalue weighted by Crippen LogP contribution is 2.21. The van der Waals surface area contributed by atoms with Crippen molar-refractivity contribution in [1.82, 2.24) is 20.1 Å². The zero-order valence-electron chi connectivity index (χ0n) is 16.2. The normalized spacial score (nSPS) is 11.7. The fraction of sp³-hybridized carbons (Fsp3) is 0.200. The molecule has 3 aromatic rings. The Morgan fingerprint density at radius 1 is 1.10 bits per heavy atom. The van der Waals surface area contributed by atoms with Crippen molar-refractivity contribution in [3.05, 3.63) is 70.0 Å². The summed E-state index contributed by atoms with van der Waals surface area (Å²) >= 11 is 13.2. The summed E-state index contributed by atoms with van der Waals surface area (Å²) in [6.45, 7) is 1.81. The molecular formula is C20H19Cl2N5O2S. The Hall–Kier alpha value is -2.55. The molecule has 0 aliphatic heterocycles. The monoisotopic (exact) mass is 463 g/mol. The molecule has 3 rings (SSSR count). The maximum Gasteiger partial charge on any atom is 0.253 e. The van der Waals surface area contributed by atoms with Gasteiger partial charge in [0.2, 0.25) is 5.91 Å². The van der Waals surface area contributed by atoms with E-state index in [-0.39, 0.29) is 17.6 Å². The molecule has 1 heterocycles. The number of nitrogens with one attached hydrogen (secondary N) is 2. The van der Waals surface area contributed by atoms with Crippen molar-refractivity contribution < 1.29 is 9.59 Å². The van der Waals surface area contributed by atoms with Gasteiger partial charge in [0.05, 0.1) is 22.4 Å². The highest BCUT2D eigenvalue weighted by Gasteiger charge is 2.20. The molecule has 7 nitrogen and oxygen atoms in total. The average Bonchev–Trinajstić information content (AvgIpc) is 3.09. The molecule has 0 fully saturated rings. The Bertz CT molecular complexity index is 1060. The molecule has 0 bridgehead atoms. The van der Waals surface area contributed by atoms with Crippen molar-refractivity contribution in [3.8, 4) is 0 Å². The van der Waals surface area contributed by atoms with E-state index in [0.717, 1.165) is 0 Å². The van der Waals surface area contributed by atoms with Gasteiger partial charge in [-0.05, 0) is 43.3 Å². The van der Waals surface area contributed by atoms with Crippen molar-refractivity contribution in [2.75, 3.05) is 11.1 Å². The van der Waals surface area contributed by atoms with Gasteiger partial charge in [-0.25, -0.2) is 0 Å². The summed E-state index contributed by atoms with van der Waals surface area (Å²) in [7, 11) is 1.78. The molecule has 0 radical (unpaired) electrons. The molecule has 1 atom stereocenters. The molecule has 2 N–H and O–H groups in total. The quantitative estimate of drug-likeness (QED) is 0.508. The highest BCUT2D eigenvalue weighted by molar-refractivity contribution is 7.99. The van der Waals surface area contributed by atoms with E-state index in [0.29, 0.717) is 32.3 Å². The summed E-state index contributed by atoms with van der Waals surface area (Å²) in [6, 6.07) is 13.3. The van der Waals surface area contributed by atoms with Crippen LogP contribution < -0.4 is 10.6 Å². The van der Waals surface area contributed by atoms with Crippen LogP contribution in [0.3, 0.4) is 0 Å². The number of thioether (sulfide) groups is 1. The lowest BCUT2D eigenvalue weighted by Gasteiger charge is -2.14. The minimum absolute atomic E-state index is 0.162. The van der Waals surface area contributed by atoms with Gasteiger partial charge in [0.1, 0.15) is 0 Å². The summed E-state index contributed by atoms with van der Waals surface area (Å²) in [5, 5.41) is 15.5. The summed E-state index contributed by atoms with van der Waals surface area (Å²) < 4.78 is 1.75. The fourth-order valence-corrected chi connectivity index (χ4v) is 3.74. The molecule has 156 valence electrons. The van der Waals surface area contributed by atoms with Gasteiger partial charge >= 0.3 is 0 Å². The first-order chi connectivity index (χ1) is 14.3. The summed E-state index contributed by atoms with van der Waals surface area (Å²) in [4.78, 5) is 24.6. The van der Waals surface area contributed by atoms with Crippen LogP contribution in [-0.4, -0.2) is 32.3 Å². The second-order valence-electron chi connectivity index (χ2n) is 6.42. The number of hydrogen-bond acceptors (Lipinski definition) is 5. The molecule has 10 heteroatoms. The molecule has 0 aliphatic rings. The van der Waals surface area contributed by atoms with Gasteiger partial charge < -0.3 is 15.2 Å². The van der Waals surface area contributed by atoms with Crippen LogP contribution in [0.25, 0.3) is 0 Å². The van der Waals surface area contributed by atoms with Crippen LogP contribution in [0.1, 0.15) is 29.1 Å². The second-order valence-corrected chi connectivity index (χ2v) is 8.20. The van der Waals surface area contributed by atoms with Crippen LogP contribution in [0.15, 0.2) is 53.7 Å². The van der Waals surface area contributed by atoms with Crippen molar-refractivity contribution in [2.24, 2.45) is 7.05 Å². The van der Waals surface area contributed by atoms with Crippen LogP contribution >= 0.6 is 35.0 Å². The first-order valence-electron chi connectivity index (χ1n) is 8.98. The Morgan fingerprint density at radius 2 is 1.80 bits per heavy atom. The standard InChI is InChI=1S/C20H19Cl2N5O2S/c1-12(23-19(29)15-5-3-4-6-16(15)22)18-25-26-20(27(18)2)30-11-17(28)24-14-9-7-13(21)8-10-14/h3-10,12H,11H2,1-2H3,(H,23,29)(H,24,28)/t12-/m0/s1. The average molecular weight is 464 g/mol. The number of benzene rings is 2. The van der Waals surface area contributed by atoms with E-state index in [9.17, 15) is 9.59 Å². The number of carbonyl (C=O) groups excluding carboxylic acids is 2. The number of anilines is 1. The third kappa shape index (κ3) is 5.53. The van der Waals surface area contributed by atoms with E-state index in [1.807, 2.05) is 0 Å². The van der Waals surface area contributed by atoms with Gasteiger partial charge in [0, 0.05) is 17.8 Å². The van der Waals surface area contributed by atoms with Crippen LogP contribution in [0.2, 0.25) is 10.0 Å². The minimum Gasteiger partial charge on any atom is -0.342 e. The van der Waals surface area contributed by atoms with Gasteiger partial charge in [-0.1, -0.05) is 47.1 Å². The third-order valence-electron chi connectivity index (χ3n) is 4.18. The topological polar surface area (TPSA) is 88.9 Å². The van der Waals surface area contributed by atoms with E-state index in [1.165, 1.54) is 11.8 Å². The second kappa shape index (κ2) is 9.97.